The maximum Gasteiger partial charge on any atom is 0.254 e. The Morgan fingerprint density at radius 1 is 0.833 bits per heavy atom. The van der Waals surface area contributed by atoms with Crippen LogP contribution in [0.3, 0.4) is 0 Å². The average molecular weight is 392 g/mol. The van der Waals surface area contributed by atoms with Crippen molar-refractivity contribution in [2.24, 2.45) is 0 Å². The lowest BCUT2D eigenvalue weighted by molar-refractivity contribution is 0.0766. The van der Waals surface area contributed by atoms with E-state index in [0.717, 1.165) is 39.3 Å². The van der Waals surface area contributed by atoms with E-state index >= 15 is 0 Å². The number of rotatable bonds is 5. The molecule has 1 amide bonds. The van der Waals surface area contributed by atoms with Gasteiger partial charge in [0.1, 0.15) is 11.5 Å². The molecule has 0 fully saturated rings. The molecule has 0 atom stereocenters. The molecule has 4 aromatic rings. The lowest BCUT2D eigenvalue weighted by atomic mass is 10.0. The molecule has 4 heteroatoms. The Bertz CT molecular complexity index is 1170. The van der Waals surface area contributed by atoms with E-state index < -0.39 is 0 Å². The molecule has 2 heterocycles. The molecular formula is C26H20N2O2. The van der Waals surface area contributed by atoms with Crippen LogP contribution in [0.1, 0.15) is 21.5 Å². The van der Waals surface area contributed by atoms with E-state index in [4.69, 9.17) is 4.74 Å². The SMILES string of the molecule is O=C1c2ccc(-c3cccnc3)cc2CN1Cc1ccc(Oc2ccccc2)cc1. The Hall–Kier alpha value is -3.92. The number of hydrogen-bond donors (Lipinski definition) is 0. The molecular weight excluding hydrogens is 372 g/mol. The zero-order valence-corrected chi connectivity index (χ0v) is 16.4. The van der Waals surface area contributed by atoms with Crippen LogP contribution in [0.2, 0.25) is 0 Å². The minimum absolute atomic E-state index is 0.0762. The largest absolute Gasteiger partial charge is 0.457 e. The lowest BCUT2D eigenvalue weighted by Crippen LogP contribution is -2.23. The highest BCUT2D eigenvalue weighted by Crippen LogP contribution is 2.29. The van der Waals surface area contributed by atoms with Gasteiger partial charge in [0, 0.05) is 31.0 Å². The molecule has 30 heavy (non-hydrogen) atoms. The van der Waals surface area contributed by atoms with Crippen molar-refractivity contribution in [1.29, 1.82) is 0 Å². The predicted octanol–water partition coefficient (Wildman–Crippen LogP) is 5.70. The molecule has 4 nitrogen and oxygen atoms in total. The number of para-hydroxylation sites is 1. The molecule has 0 radical (unpaired) electrons. The fourth-order valence-corrected chi connectivity index (χ4v) is 3.73. The summed E-state index contributed by atoms with van der Waals surface area (Å²) in [6.07, 6.45) is 3.60. The minimum atomic E-state index is 0.0762. The maximum atomic E-state index is 12.8. The Kier molecular flexibility index (Phi) is 4.74. The highest BCUT2D eigenvalue weighted by atomic mass is 16.5. The smallest absolute Gasteiger partial charge is 0.254 e. The van der Waals surface area contributed by atoms with E-state index in [9.17, 15) is 4.79 Å². The van der Waals surface area contributed by atoms with Crippen LogP contribution < -0.4 is 4.74 Å². The van der Waals surface area contributed by atoms with E-state index in [1.165, 1.54) is 0 Å². The van der Waals surface area contributed by atoms with E-state index in [2.05, 4.69) is 11.1 Å². The maximum absolute atomic E-state index is 12.8. The Morgan fingerprint density at radius 3 is 2.40 bits per heavy atom. The third-order valence-corrected chi connectivity index (χ3v) is 5.25. The number of pyridine rings is 1. The van der Waals surface area contributed by atoms with E-state index in [-0.39, 0.29) is 5.91 Å². The van der Waals surface area contributed by atoms with Gasteiger partial charge in [-0.3, -0.25) is 9.78 Å². The fourth-order valence-electron chi connectivity index (χ4n) is 3.73. The topological polar surface area (TPSA) is 42.4 Å². The van der Waals surface area contributed by atoms with Gasteiger partial charge in [0.05, 0.1) is 0 Å². The standard InChI is InChI=1S/C26H20N2O2/c29-26-25-13-10-20(21-5-4-14-27-16-21)15-22(25)18-28(26)17-19-8-11-24(12-9-19)30-23-6-2-1-3-7-23/h1-16H,17-18H2. The number of ether oxygens (including phenoxy) is 1. The summed E-state index contributed by atoms with van der Waals surface area (Å²) in [5.74, 6) is 1.66. The molecule has 0 aliphatic carbocycles. The van der Waals surface area contributed by atoms with Gasteiger partial charge in [-0.1, -0.05) is 42.5 Å². The number of carbonyl (C=O) groups excluding carboxylic acids is 1. The normalized spacial score (nSPS) is 12.7. The van der Waals surface area contributed by atoms with E-state index in [0.29, 0.717) is 13.1 Å². The summed E-state index contributed by atoms with van der Waals surface area (Å²) in [4.78, 5) is 18.9. The molecule has 0 bridgehead atoms. The second-order valence-corrected chi connectivity index (χ2v) is 7.33. The summed E-state index contributed by atoms with van der Waals surface area (Å²) in [5, 5.41) is 0. The monoisotopic (exact) mass is 392 g/mol. The van der Waals surface area contributed by atoms with Crippen LogP contribution >= 0.6 is 0 Å². The highest BCUT2D eigenvalue weighted by Gasteiger charge is 2.27. The van der Waals surface area contributed by atoms with Crippen molar-refractivity contribution >= 4 is 5.91 Å². The van der Waals surface area contributed by atoms with Gasteiger partial charge in [0.25, 0.3) is 5.91 Å². The molecule has 146 valence electrons. The van der Waals surface area contributed by atoms with Crippen molar-refractivity contribution in [3.63, 3.8) is 0 Å². The highest BCUT2D eigenvalue weighted by molar-refractivity contribution is 5.99. The minimum Gasteiger partial charge on any atom is -0.457 e. The molecule has 0 saturated heterocycles. The average Bonchev–Trinajstić information content (AvgIpc) is 3.11. The molecule has 1 aromatic heterocycles. The van der Waals surface area contributed by atoms with Crippen LogP contribution in [0.5, 0.6) is 11.5 Å². The van der Waals surface area contributed by atoms with Crippen molar-refractivity contribution < 1.29 is 9.53 Å². The van der Waals surface area contributed by atoms with Crippen molar-refractivity contribution in [1.82, 2.24) is 9.88 Å². The summed E-state index contributed by atoms with van der Waals surface area (Å²) in [7, 11) is 0. The summed E-state index contributed by atoms with van der Waals surface area (Å²) in [6.45, 7) is 1.19. The van der Waals surface area contributed by atoms with Crippen molar-refractivity contribution in [2.75, 3.05) is 0 Å². The molecule has 0 unspecified atom stereocenters. The Balaban J connectivity index is 1.29. The molecule has 5 rings (SSSR count). The number of nitrogens with zero attached hydrogens (tertiary/aromatic N) is 2. The second kappa shape index (κ2) is 7.84. The van der Waals surface area contributed by atoms with Gasteiger partial charge in [-0.2, -0.15) is 0 Å². The summed E-state index contributed by atoms with van der Waals surface area (Å²) in [5.41, 5.74) is 5.06. The Morgan fingerprint density at radius 2 is 1.63 bits per heavy atom. The zero-order chi connectivity index (χ0) is 20.3. The van der Waals surface area contributed by atoms with Gasteiger partial charge in [0.15, 0.2) is 0 Å². The predicted molar refractivity (Wildman–Crippen MR) is 116 cm³/mol. The second-order valence-electron chi connectivity index (χ2n) is 7.33. The van der Waals surface area contributed by atoms with Crippen molar-refractivity contribution in [2.45, 2.75) is 13.1 Å². The summed E-state index contributed by atoms with van der Waals surface area (Å²) >= 11 is 0. The van der Waals surface area contributed by atoms with Crippen LogP contribution in [0.15, 0.2) is 97.3 Å². The van der Waals surface area contributed by atoms with Crippen molar-refractivity contribution in [3.8, 4) is 22.6 Å². The van der Waals surface area contributed by atoms with E-state index in [1.54, 1.807) is 6.20 Å². The molecule has 0 saturated carbocycles. The zero-order valence-electron chi connectivity index (χ0n) is 16.4. The molecule has 0 spiro atoms. The lowest BCUT2D eigenvalue weighted by Gasteiger charge is -2.16. The van der Waals surface area contributed by atoms with Gasteiger partial charge in [-0.15, -0.1) is 0 Å². The van der Waals surface area contributed by atoms with Gasteiger partial charge >= 0.3 is 0 Å². The van der Waals surface area contributed by atoms with Gasteiger partial charge in [0.2, 0.25) is 0 Å². The first-order valence-corrected chi connectivity index (χ1v) is 9.91. The fraction of sp³-hybridized carbons (Fsp3) is 0.0769. The number of fused-ring (bicyclic) bond motifs is 1. The molecule has 1 aliphatic rings. The molecule has 0 N–H and O–H groups in total. The number of amides is 1. The third kappa shape index (κ3) is 3.67. The van der Waals surface area contributed by atoms with Gasteiger partial charge in [-0.25, -0.2) is 0 Å². The van der Waals surface area contributed by atoms with Crippen LogP contribution in [0, 0.1) is 0 Å². The number of aromatic nitrogens is 1. The summed E-state index contributed by atoms with van der Waals surface area (Å²) in [6, 6.07) is 27.6. The van der Waals surface area contributed by atoms with Crippen LogP contribution in [0.25, 0.3) is 11.1 Å². The number of benzene rings is 3. The van der Waals surface area contributed by atoms with Crippen LogP contribution in [-0.4, -0.2) is 15.8 Å². The van der Waals surface area contributed by atoms with Crippen molar-refractivity contribution in [3.05, 3.63) is 114 Å². The summed E-state index contributed by atoms with van der Waals surface area (Å²) < 4.78 is 5.84. The number of hydrogen-bond acceptors (Lipinski definition) is 3. The Labute approximate surface area is 175 Å². The van der Waals surface area contributed by atoms with Gasteiger partial charge in [-0.05, 0) is 64.7 Å². The first-order chi connectivity index (χ1) is 14.8. The molecule has 1 aliphatic heterocycles. The first-order valence-electron chi connectivity index (χ1n) is 9.91. The quantitative estimate of drug-likeness (QED) is 0.438. The van der Waals surface area contributed by atoms with Gasteiger partial charge < -0.3 is 9.64 Å². The number of carbonyl (C=O) groups is 1. The van der Waals surface area contributed by atoms with E-state index in [1.807, 2.05) is 90.0 Å². The van der Waals surface area contributed by atoms with Crippen LogP contribution in [0.4, 0.5) is 0 Å². The molecule has 3 aromatic carbocycles. The third-order valence-electron chi connectivity index (χ3n) is 5.25. The first kappa shape index (κ1) is 18.1. The van der Waals surface area contributed by atoms with Crippen LogP contribution in [-0.2, 0) is 13.1 Å².